The first-order valence-corrected chi connectivity index (χ1v) is 10.7. The van der Waals surface area contributed by atoms with E-state index in [0.29, 0.717) is 35.4 Å². The van der Waals surface area contributed by atoms with Gasteiger partial charge in [0.15, 0.2) is 0 Å². The van der Waals surface area contributed by atoms with E-state index in [4.69, 9.17) is 0 Å². The monoisotopic (exact) mass is 444 g/mol. The van der Waals surface area contributed by atoms with Crippen LogP contribution >= 0.6 is 0 Å². The van der Waals surface area contributed by atoms with Gasteiger partial charge in [0.1, 0.15) is 11.6 Å². The van der Waals surface area contributed by atoms with Crippen LogP contribution in [0.25, 0.3) is 0 Å². The summed E-state index contributed by atoms with van der Waals surface area (Å²) in [6, 6.07) is 6.27. The van der Waals surface area contributed by atoms with Crippen LogP contribution in [-0.4, -0.2) is 54.3 Å². The van der Waals surface area contributed by atoms with Crippen LogP contribution in [0.15, 0.2) is 30.5 Å². The first-order valence-electron chi connectivity index (χ1n) is 10.7. The molecule has 1 aromatic heterocycles. The van der Waals surface area contributed by atoms with Gasteiger partial charge in [0.25, 0.3) is 17.7 Å². The summed E-state index contributed by atoms with van der Waals surface area (Å²) in [4.78, 5) is 32.6. The lowest BCUT2D eigenvalue weighted by Crippen LogP contribution is -2.42. The fraction of sp³-hybridized carbons (Fsp3) is 0.435. The number of benzene rings is 1. The smallest absolute Gasteiger partial charge is 0.255 e. The van der Waals surface area contributed by atoms with Gasteiger partial charge in [-0.05, 0) is 48.1 Å². The Morgan fingerprint density at radius 2 is 1.94 bits per heavy atom. The van der Waals surface area contributed by atoms with Gasteiger partial charge in [-0.15, -0.1) is 0 Å². The van der Waals surface area contributed by atoms with Crippen molar-refractivity contribution < 1.29 is 22.8 Å². The lowest BCUT2D eigenvalue weighted by molar-refractivity contribution is -0.0494. The number of anilines is 2. The van der Waals surface area contributed by atoms with E-state index >= 15 is 0 Å². The minimum absolute atomic E-state index is 0.0259. The highest BCUT2D eigenvalue weighted by atomic mass is 19.3. The number of hydrogen-bond donors (Lipinski definition) is 1. The third kappa shape index (κ3) is 3.59. The molecule has 9 heteroatoms. The number of alkyl halides is 2. The van der Waals surface area contributed by atoms with Crippen molar-refractivity contribution >= 4 is 23.3 Å². The van der Waals surface area contributed by atoms with Gasteiger partial charge >= 0.3 is 0 Å². The van der Waals surface area contributed by atoms with Crippen LogP contribution in [-0.2, 0) is 0 Å². The molecule has 1 saturated carbocycles. The molecule has 1 aromatic carbocycles. The third-order valence-electron chi connectivity index (χ3n) is 6.66. The Bertz CT molecular complexity index is 1100. The number of pyridine rings is 1. The van der Waals surface area contributed by atoms with E-state index < -0.39 is 17.6 Å². The number of nitrogens with zero attached hydrogens (tertiary/aromatic N) is 3. The van der Waals surface area contributed by atoms with Crippen molar-refractivity contribution in [3.8, 4) is 0 Å². The number of aromatic nitrogens is 1. The first kappa shape index (κ1) is 20.8. The predicted molar refractivity (Wildman–Crippen MR) is 112 cm³/mol. The number of nitrogens with one attached hydrogen (secondary N) is 1. The van der Waals surface area contributed by atoms with Crippen LogP contribution in [0.1, 0.15) is 51.5 Å². The van der Waals surface area contributed by atoms with Gasteiger partial charge in [-0.25, -0.2) is 18.2 Å². The number of halogens is 3. The Morgan fingerprint density at radius 3 is 2.62 bits per heavy atom. The molecule has 0 bridgehead atoms. The predicted octanol–water partition coefficient (Wildman–Crippen LogP) is 3.71. The maximum Gasteiger partial charge on any atom is 0.255 e. The number of rotatable bonds is 3. The summed E-state index contributed by atoms with van der Waals surface area (Å²) in [6.07, 6.45) is 1.77. The molecule has 5 rings (SSSR count). The summed E-state index contributed by atoms with van der Waals surface area (Å²) in [5, 5.41) is 2.42. The van der Waals surface area contributed by atoms with Crippen molar-refractivity contribution in [1.29, 1.82) is 0 Å². The maximum atomic E-state index is 14.5. The van der Waals surface area contributed by atoms with Crippen molar-refractivity contribution in [2.24, 2.45) is 5.92 Å². The molecule has 0 spiro atoms. The van der Waals surface area contributed by atoms with Crippen LogP contribution < -0.4 is 10.2 Å². The second-order valence-corrected chi connectivity index (χ2v) is 8.74. The molecule has 2 atom stereocenters. The van der Waals surface area contributed by atoms with E-state index in [9.17, 15) is 22.8 Å². The first-order chi connectivity index (χ1) is 15.3. The summed E-state index contributed by atoms with van der Waals surface area (Å²) in [6.45, 7) is 0.730. The van der Waals surface area contributed by atoms with Gasteiger partial charge in [0.2, 0.25) is 0 Å². The zero-order chi connectivity index (χ0) is 22.6. The van der Waals surface area contributed by atoms with Crippen LogP contribution in [0.3, 0.4) is 0 Å². The molecule has 1 aliphatic carbocycles. The molecule has 0 radical (unpaired) electrons. The van der Waals surface area contributed by atoms with Crippen LogP contribution in [0.5, 0.6) is 0 Å². The Hall–Kier alpha value is -3.10. The molecule has 3 heterocycles. The number of piperidine rings is 1. The summed E-state index contributed by atoms with van der Waals surface area (Å²) in [5.41, 5.74) is 1.87. The van der Waals surface area contributed by atoms with Crippen LogP contribution in [0.4, 0.5) is 24.7 Å². The average Bonchev–Trinajstić information content (AvgIpc) is 3.57. The molecule has 3 aliphatic rings. The summed E-state index contributed by atoms with van der Waals surface area (Å²) < 4.78 is 41.4. The zero-order valence-corrected chi connectivity index (χ0v) is 17.6. The molecule has 6 nitrogen and oxygen atoms in total. The Kier molecular flexibility index (Phi) is 4.87. The van der Waals surface area contributed by atoms with E-state index in [0.717, 1.165) is 12.0 Å². The molecule has 1 saturated heterocycles. The van der Waals surface area contributed by atoms with Crippen LogP contribution in [0.2, 0.25) is 0 Å². The average molecular weight is 444 g/mol. The SMILES string of the molecule is CNC(=O)c1ccc(N2CC3CC3c3cc(C(=O)N4CCC(F)(F)CC4)cnc32)cc1F. The standard InChI is InChI=1S/C23H23F3N4O2/c1-27-21(31)16-3-2-15(10-19(16)24)30-12-14-9-17(14)18-8-13(11-28-20(18)30)22(32)29-6-4-23(25,26)5-7-29/h2-3,8,10-11,14,17H,4-7,9,12H2,1H3,(H,27,31). The molecule has 2 amide bonds. The zero-order valence-electron chi connectivity index (χ0n) is 17.6. The van der Waals surface area contributed by atoms with E-state index in [2.05, 4.69) is 10.3 Å². The maximum absolute atomic E-state index is 14.5. The molecule has 2 fully saturated rings. The van der Waals surface area contributed by atoms with Gasteiger partial charge in [-0.2, -0.15) is 0 Å². The fourth-order valence-corrected chi connectivity index (χ4v) is 4.68. The Balaban J connectivity index is 1.42. The number of fused-ring (bicyclic) bond motifs is 3. The minimum Gasteiger partial charge on any atom is -0.355 e. The van der Waals surface area contributed by atoms with Crippen molar-refractivity contribution in [2.45, 2.75) is 31.1 Å². The highest BCUT2D eigenvalue weighted by Crippen LogP contribution is 2.55. The Morgan fingerprint density at radius 1 is 1.19 bits per heavy atom. The molecular formula is C23H23F3N4O2. The number of hydrogen-bond acceptors (Lipinski definition) is 4. The largest absolute Gasteiger partial charge is 0.355 e. The summed E-state index contributed by atoms with van der Waals surface area (Å²) in [7, 11) is 1.45. The van der Waals surface area contributed by atoms with E-state index in [1.165, 1.54) is 30.3 Å². The molecule has 32 heavy (non-hydrogen) atoms. The summed E-state index contributed by atoms with van der Waals surface area (Å²) >= 11 is 0. The molecule has 1 N–H and O–H groups in total. The highest BCUT2D eigenvalue weighted by Gasteiger charge is 2.46. The molecule has 2 aromatic rings. The normalized spacial score (nSPS) is 23.2. The van der Waals surface area contributed by atoms with E-state index in [1.54, 1.807) is 6.07 Å². The molecular weight excluding hydrogens is 421 g/mol. The molecule has 168 valence electrons. The Labute approximate surface area is 183 Å². The third-order valence-corrected chi connectivity index (χ3v) is 6.66. The lowest BCUT2D eigenvalue weighted by atomic mass is 10.0. The van der Waals surface area contributed by atoms with Gasteiger partial charge in [-0.1, -0.05) is 0 Å². The fourth-order valence-electron chi connectivity index (χ4n) is 4.68. The quantitative estimate of drug-likeness (QED) is 0.784. The number of likely N-dealkylation sites (tertiary alicyclic amines) is 1. The van der Waals surface area contributed by atoms with Gasteiger partial charge in [0.05, 0.1) is 11.1 Å². The number of carbonyl (C=O) groups excluding carboxylic acids is 2. The number of carbonyl (C=O) groups is 2. The van der Waals surface area contributed by atoms with Gasteiger partial charge in [-0.3, -0.25) is 9.59 Å². The van der Waals surface area contributed by atoms with Crippen LogP contribution in [0, 0.1) is 11.7 Å². The van der Waals surface area contributed by atoms with Crippen molar-refractivity contribution in [3.05, 3.63) is 53.0 Å². The summed E-state index contributed by atoms with van der Waals surface area (Å²) in [5.74, 6) is -2.77. The van der Waals surface area contributed by atoms with Crippen molar-refractivity contribution in [1.82, 2.24) is 15.2 Å². The lowest BCUT2D eigenvalue weighted by Gasteiger charge is -2.33. The molecule has 2 aliphatic heterocycles. The van der Waals surface area contributed by atoms with Gasteiger partial charge < -0.3 is 15.1 Å². The van der Waals surface area contributed by atoms with E-state index in [1.807, 2.05) is 11.0 Å². The van der Waals surface area contributed by atoms with E-state index in [-0.39, 0.29) is 37.4 Å². The topological polar surface area (TPSA) is 65.5 Å². The second kappa shape index (κ2) is 7.50. The van der Waals surface area contributed by atoms with Crippen molar-refractivity contribution in [2.75, 3.05) is 31.6 Å². The number of amides is 2. The highest BCUT2D eigenvalue weighted by molar-refractivity contribution is 5.95. The molecule has 2 unspecified atom stereocenters. The van der Waals surface area contributed by atoms with Gasteiger partial charge in [0, 0.05) is 51.4 Å². The second-order valence-electron chi connectivity index (χ2n) is 8.74. The van der Waals surface area contributed by atoms with Crippen molar-refractivity contribution in [3.63, 3.8) is 0 Å². The minimum atomic E-state index is -2.71.